The van der Waals surface area contributed by atoms with Crippen molar-refractivity contribution in [3.05, 3.63) is 65.9 Å². The first-order chi connectivity index (χ1) is 19.0. The first-order valence-electron chi connectivity index (χ1n) is 14.0. The van der Waals surface area contributed by atoms with Crippen LogP contribution in [0.15, 0.2) is 48.8 Å². The topological polar surface area (TPSA) is 67.8 Å². The smallest absolute Gasteiger partial charge is 0.310 e. The number of nitrogens with zero attached hydrogens (tertiary/aromatic N) is 4. The van der Waals surface area contributed by atoms with Gasteiger partial charge in [-0.2, -0.15) is 0 Å². The average Bonchev–Trinajstić information content (AvgIpc) is 2.91. The molecule has 8 heteroatoms. The van der Waals surface area contributed by atoms with Gasteiger partial charge in [0, 0.05) is 43.2 Å². The number of pyridine rings is 2. The van der Waals surface area contributed by atoms with E-state index in [1.807, 2.05) is 52.3 Å². The zero-order chi connectivity index (χ0) is 28.9. The molecular weight excluding hydrogens is 507 g/mol. The number of carbonyl (C=O) groups is 1. The molecule has 0 bridgehead atoms. The highest BCUT2D eigenvalue weighted by Crippen LogP contribution is 2.39. The number of rotatable bonds is 10. The SMILES string of the molecule is Cc1ncc(-c2ccc(N(C)CCOc3ccc(F)cc3)cn2)c(N2CCC(C)(C)CC2)c1CC(=O)OC(C)C. The lowest BCUT2D eigenvalue weighted by atomic mass is 9.82. The van der Waals surface area contributed by atoms with Gasteiger partial charge in [0.1, 0.15) is 18.2 Å². The quantitative estimate of drug-likeness (QED) is 0.278. The average molecular weight is 549 g/mol. The maximum atomic E-state index is 13.1. The van der Waals surface area contributed by atoms with E-state index in [9.17, 15) is 9.18 Å². The minimum Gasteiger partial charge on any atom is -0.492 e. The number of piperidine rings is 1. The fourth-order valence-electron chi connectivity index (χ4n) is 4.91. The molecule has 0 saturated carbocycles. The third-order valence-corrected chi connectivity index (χ3v) is 7.46. The number of carbonyl (C=O) groups excluding carboxylic acids is 1. The molecule has 1 aliphatic rings. The van der Waals surface area contributed by atoms with Crippen molar-refractivity contribution in [2.75, 3.05) is 43.1 Å². The summed E-state index contributed by atoms with van der Waals surface area (Å²) in [4.78, 5) is 26.7. The van der Waals surface area contributed by atoms with E-state index >= 15 is 0 Å². The van der Waals surface area contributed by atoms with Gasteiger partial charge in [-0.15, -0.1) is 0 Å². The third kappa shape index (κ3) is 7.49. The molecule has 1 aromatic carbocycles. The molecule has 0 unspecified atom stereocenters. The van der Waals surface area contributed by atoms with Gasteiger partial charge in [-0.3, -0.25) is 14.8 Å². The summed E-state index contributed by atoms with van der Waals surface area (Å²) in [6, 6.07) is 10.1. The second-order valence-electron chi connectivity index (χ2n) is 11.6. The maximum absolute atomic E-state index is 13.1. The molecule has 3 aromatic rings. The van der Waals surface area contributed by atoms with E-state index in [4.69, 9.17) is 14.5 Å². The number of esters is 1. The minimum absolute atomic E-state index is 0.171. The number of anilines is 2. The molecule has 0 atom stereocenters. The van der Waals surface area contributed by atoms with Crippen molar-refractivity contribution in [2.24, 2.45) is 5.41 Å². The zero-order valence-corrected chi connectivity index (χ0v) is 24.5. The number of ether oxygens (including phenoxy) is 2. The summed E-state index contributed by atoms with van der Waals surface area (Å²) >= 11 is 0. The van der Waals surface area contributed by atoms with Crippen LogP contribution in [-0.4, -0.2) is 55.3 Å². The number of likely N-dealkylation sites (N-methyl/N-ethyl adjacent to an activating group) is 1. The van der Waals surface area contributed by atoms with Crippen molar-refractivity contribution >= 4 is 17.3 Å². The van der Waals surface area contributed by atoms with Gasteiger partial charge in [0.15, 0.2) is 0 Å². The molecule has 0 amide bonds. The van der Waals surface area contributed by atoms with Crippen LogP contribution in [0, 0.1) is 18.2 Å². The van der Waals surface area contributed by atoms with E-state index in [1.165, 1.54) is 12.1 Å². The van der Waals surface area contributed by atoms with Gasteiger partial charge in [-0.25, -0.2) is 4.39 Å². The van der Waals surface area contributed by atoms with Gasteiger partial charge < -0.3 is 19.3 Å². The summed E-state index contributed by atoms with van der Waals surface area (Å²) in [5.74, 6) is 0.106. The number of benzene rings is 1. The highest BCUT2D eigenvalue weighted by molar-refractivity contribution is 5.84. The summed E-state index contributed by atoms with van der Waals surface area (Å²) in [7, 11) is 1.98. The summed E-state index contributed by atoms with van der Waals surface area (Å²) in [5, 5.41) is 0. The second-order valence-corrected chi connectivity index (χ2v) is 11.6. The molecule has 2 aromatic heterocycles. The van der Waals surface area contributed by atoms with Gasteiger partial charge in [0.05, 0.1) is 42.3 Å². The van der Waals surface area contributed by atoms with Crippen LogP contribution in [0.1, 0.15) is 51.8 Å². The Bertz CT molecular complexity index is 1280. The fraction of sp³-hybridized carbons (Fsp3) is 0.469. The van der Waals surface area contributed by atoms with Crippen molar-refractivity contribution in [3.8, 4) is 17.0 Å². The van der Waals surface area contributed by atoms with Gasteiger partial charge in [0.2, 0.25) is 0 Å². The molecule has 1 saturated heterocycles. The molecule has 3 heterocycles. The number of halogens is 1. The fourth-order valence-corrected chi connectivity index (χ4v) is 4.91. The summed E-state index contributed by atoms with van der Waals surface area (Å²) in [6.07, 6.45) is 5.87. The Morgan fingerprint density at radius 1 is 1.07 bits per heavy atom. The van der Waals surface area contributed by atoms with Crippen molar-refractivity contribution in [2.45, 2.75) is 60.0 Å². The monoisotopic (exact) mass is 548 g/mol. The molecule has 0 aliphatic carbocycles. The lowest BCUT2D eigenvalue weighted by Gasteiger charge is -2.40. The normalized spacial score (nSPS) is 14.8. The highest BCUT2D eigenvalue weighted by atomic mass is 19.1. The van der Waals surface area contributed by atoms with Gasteiger partial charge in [-0.1, -0.05) is 13.8 Å². The number of aromatic nitrogens is 2. The summed E-state index contributed by atoms with van der Waals surface area (Å²) in [5.41, 5.74) is 5.75. The van der Waals surface area contributed by atoms with Crippen LogP contribution < -0.4 is 14.5 Å². The highest BCUT2D eigenvalue weighted by Gasteiger charge is 2.30. The third-order valence-electron chi connectivity index (χ3n) is 7.46. The van der Waals surface area contributed by atoms with Crippen molar-refractivity contribution in [3.63, 3.8) is 0 Å². The number of hydrogen-bond donors (Lipinski definition) is 0. The van der Waals surface area contributed by atoms with Crippen molar-refractivity contribution < 1.29 is 18.7 Å². The predicted octanol–water partition coefficient (Wildman–Crippen LogP) is 6.23. The van der Waals surface area contributed by atoms with Crippen LogP contribution in [0.25, 0.3) is 11.3 Å². The Balaban J connectivity index is 1.56. The Kier molecular flexibility index (Phi) is 9.28. The van der Waals surface area contributed by atoms with E-state index in [2.05, 4.69) is 28.6 Å². The number of hydrogen-bond acceptors (Lipinski definition) is 7. The molecule has 0 spiro atoms. The molecule has 7 nitrogen and oxygen atoms in total. The van der Waals surface area contributed by atoms with E-state index in [0.717, 1.165) is 59.8 Å². The molecule has 1 aliphatic heterocycles. The summed E-state index contributed by atoms with van der Waals surface area (Å²) in [6.45, 7) is 13.2. The van der Waals surface area contributed by atoms with Crippen LogP contribution in [-0.2, 0) is 16.0 Å². The predicted molar refractivity (Wildman–Crippen MR) is 158 cm³/mol. The van der Waals surface area contributed by atoms with Crippen molar-refractivity contribution in [1.82, 2.24) is 9.97 Å². The number of aryl methyl sites for hydroxylation is 1. The Morgan fingerprint density at radius 2 is 1.77 bits per heavy atom. The molecule has 0 radical (unpaired) electrons. The van der Waals surface area contributed by atoms with Crippen LogP contribution in [0.5, 0.6) is 5.75 Å². The maximum Gasteiger partial charge on any atom is 0.310 e. The van der Waals surface area contributed by atoms with Crippen LogP contribution in [0.2, 0.25) is 0 Å². The van der Waals surface area contributed by atoms with Gasteiger partial charge in [0.25, 0.3) is 0 Å². The molecule has 4 rings (SSSR count). The van der Waals surface area contributed by atoms with Crippen LogP contribution >= 0.6 is 0 Å². The Labute approximate surface area is 237 Å². The summed E-state index contributed by atoms with van der Waals surface area (Å²) < 4.78 is 24.4. The minimum atomic E-state index is -0.283. The van der Waals surface area contributed by atoms with E-state index in [0.29, 0.717) is 24.3 Å². The van der Waals surface area contributed by atoms with Gasteiger partial charge in [-0.05, 0) is 75.4 Å². The molecule has 214 valence electrons. The molecule has 0 N–H and O–H groups in total. The largest absolute Gasteiger partial charge is 0.492 e. The van der Waals surface area contributed by atoms with Crippen molar-refractivity contribution in [1.29, 1.82) is 0 Å². The first kappa shape index (κ1) is 29.3. The van der Waals surface area contributed by atoms with Crippen LogP contribution in [0.3, 0.4) is 0 Å². The second kappa shape index (κ2) is 12.7. The zero-order valence-electron chi connectivity index (χ0n) is 24.5. The van der Waals surface area contributed by atoms with E-state index in [1.54, 1.807) is 12.1 Å². The standard InChI is InChI=1S/C32H41FN4O3/c1-22(2)40-30(38)19-27-23(3)34-21-28(31(27)37-15-13-32(4,5)14-16-37)29-12-9-25(20-35-29)36(6)17-18-39-26-10-7-24(33)8-11-26/h7-12,20-22H,13-19H2,1-6H3. The van der Waals surface area contributed by atoms with Gasteiger partial charge >= 0.3 is 5.97 Å². The Morgan fingerprint density at radius 3 is 2.40 bits per heavy atom. The lowest BCUT2D eigenvalue weighted by Crippen LogP contribution is -2.38. The molecule has 1 fully saturated rings. The van der Waals surface area contributed by atoms with Crippen LogP contribution in [0.4, 0.5) is 15.8 Å². The molecule has 40 heavy (non-hydrogen) atoms. The van der Waals surface area contributed by atoms with E-state index < -0.39 is 0 Å². The molecular formula is C32H41FN4O3. The Hall–Kier alpha value is -3.68. The van der Waals surface area contributed by atoms with E-state index in [-0.39, 0.29) is 24.3 Å². The lowest BCUT2D eigenvalue weighted by molar-refractivity contribution is -0.146. The first-order valence-corrected chi connectivity index (χ1v) is 14.0.